The summed E-state index contributed by atoms with van der Waals surface area (Å²) in [6, 6.07) is 9.90. The zero-order valence-electron chi connectivity index (χ0n) is 16.0. The average Bonchev–Trinajstić information content (AvgIpc) is 2.69. The lowest BCUT2D eigenvalue weighted by molar-refractivity contribution is -0.123. The van der Waals surface area contributed by atoms with Crippen molar-refractivity contribution in [2.75, 3.05) is 13.1 Å². The Kier molecular flexibility index (Phi) is 6.70. The van der Waals surface area contributed by atoms with Gasteiger partial charge in [-0.05, 0) is 43.2 Å². The van der Waals surface area contributed by atoms with Crippen LogP contribution in [0.5, 0.6) is 0 Å². The molecule has 2 aliphatic rings. The van der Waals surface area contributed by atoms with Gasteiger partial charge in [0.05, 0.1) is 0 Å². The SMILES string of the molecule is CCC1CN(C(=O)c2ccccc2)CCC1CC(=O)NC1CCCCC1. The molecule has 2 unspecified atom stereocenters. The van der Waals surface area contributed by atoms with Crippen LogP contribution in [0.15, 0.2) is 30.3 Å². The number of rotatable bonds is 5. The van der Waals surface area contributed by atoms with E-state index in [1.54, 1.807) is 0 Å². The Morgan fingerprint density at radius 1 is 1.04 bits per heavy atom. The maximum atomic E-state index is 12.7. The molecule has 1 heterocycles. The molecule has 0 spiro atoms. The van der Waals surface area contributed by atoms with Gasteiger partial charge in [-0.3, -0.25) is 9.59 Å². The lowest BCUT2D eigenvalue weighted by atomic mass is 9.81. The highest BCUT2D eigenvalue weighted by Crippen LogP contribution is 2.30. The fraction of sp³-hybridized carbons (Fsp3) is 0.636. The lowest BCUT2D eigenvalue weighted by Crippen LogP contribution is -2.45. The van der Waals surface area contributed by atoms with E-state index < -0.39 is 0 Å². The second kappa shape index (κ2) is 9.20. The van der Waals surface area contributed by atoms with E-state index in [0.29, 0.717) is 24.3 Å². The number of benzene rings is 1. The number of nitrogens with zero attached hydrogens (tertiary/aromatic N) is 1. The van der Waals surface area contributed by atoms with E-state index >= 15 is 0 Å². The van der Waals surface area contributed by atoms with Crippen molar-refractivity contribution in [2.24, 2.45) is 11.8 Å². The number of hydrogen-bond donors (Lipinski definition) is 1. The molecule has 2 atom stereocenters. The van der Waals surface area contributed by atoms with Crippen molar-refractivity contribution >= 4 is 11.8 Å². The highest BCUT2D eigenvalue weighted by atomic mass is 16.2. The number of nitrogens with one attached hydrogen (secondary N) is 1. The smallest absolute Gasteiger partial charge is 0.253 e. The number of likely N-dealkylation sites (tertiary alicyclic amines) is 1. The standard InChI is InChI=1S/C22H32N2O2/c1-2-17-16-24(22(26)18-9-5-3-6-10-18)14-13-19(17)15-21(25)23-20-11-7-4-8-12-20/h3,5-6,9-10,17,19-20H,2,4,7-8,11-16H2,1H3,(H,23,25). The predicted molar refractivity (Wildman–Crippen MR) is 104 cm³/mol. The fourth-order valence-corrected chi connectivity index (χ4v) is 4.53. The molecule has 1 N–H and O–H groups in total. The van der Waals surface area contributed by atoms with E-state index in [0.717, 1.165) is 44.3 Å². The molecule has 1 aromatic carbocycles. The minimum atomic E-state index is 0.120. The monoisotopic (exact) mass is 356 g/mol. The summed E-state index contributed by atoms with van der Waals surface area (Å²) in [5.41, 5.74) is 0.760. The summed E-state index contributed by atoms with van der Waals surface area (Å²) < 4.78 is 0. The third-order valence-corrected chi connectivity index (χ3v) is 6.14. The van der Waals surface area contributed by atoms with Crippen LogP contribution in [0.4, 0.5) is 0 Å². The van der Waals surface area contributed by atoms with Gasteiger partial charge in [0.1, 0.15) is 0 Å². The van der Waals surface area contributed by atoms with Crippen LogP contribution in [0.2, 0.25) is 0 Å². The van der Waals surface area contributed by atoms with Crippen molar-refractivity contribution in [3.63, 3.8) is 0 Å². The number of piperidine rings is 1. The molecule has 0 radical (unpaired) electrons. The summed E-state index contributed by atoms with van der Waals surface area (Å²) in [5, 5.41) is 3.25. The average molecular weight is 357 g/mol. The predicted octanol–water partition coefficient (Wildman–Crippen LogP) is 4.01. The van der Waals surface area contributed by atoms with Crippen molar-refractivity contribution in [1.82, 2.24) is 10.2 Å². The van der Waals surface area contributed by atoms with Crippen LogP contribution < -0.4 is 5.32 Å². The Bertz CT molecular complexity index is 595. The summed E-state index contributed by atoms with van der Waals surface area (Å²) in [4.78, 5) is 27.2. The van der Waals surface area contributed by atoms with Crippen molar-refractivity contribution < 1.29 is 9.59 Å². The molecule has 26 heavy (non-hydrogen) atoms. The number of carbonyl (C=O) groups is 2. The third kappa shape index (κ3) is 4.87. The Morgan fingerprint density at radius 3 is 2.46 bits per heavy atom. The second-order valence-electron chi connectivity index (χ2n) is 7.94. The first-order chi connectivity index (χ1) is 12.7. The van der Waals surface area contributed by atoms with Gasteiger partial charge in [0, 0.05) is 31.1 Å². The topological polar surface area (TPSA) is 49.4 Å². The molecule has 0 bridgehead atoms. The first-order valence-corrected chi connectivity index (χ1v) is 10.3. The van der Waals surface area contributed by atoms with Crippen LogP contribution in [-0.4, -0.2) is 35.8 Å². The maximum Gasteiger partial charge on any atom is 0.253 e. The Hall–Kier alpha value is -1.84. The summed E-state index contributed by atoms with van der Waals surface area (Å²) in [6.07, 6.45) is 8.60. The van der Waals surface area contributed by atoms with E-state index in [1.807, 2.05) is 35.2 Å². The molecule has 1 aliphatic heterocycles. The van der Waals surface area contributed by atoms with Gasteiger partial charge in [-0.15, -0.1) is 0 Å². The maximum absolute atomic E-state index is 12.7. The molecule has 1 saturated carbocycles. The van der Waals surface area contributed by atoms with Crippen LogP contribution in [-0.2, 0) is 4.79 Å². The van der Waals surface area contributed by atoms with Gasteiger partial charge in [0.15, 0.2) is 0 Å². The van der Waals surface area contributed by atoms with Gasteiger partial charge in [-0.25, -0.2) is 0 Å². The van der Waals surface area contributed by atoms with Gasteiger partial charge < -0.3 is 10.2 Å². The third-order valence-electron chi connectivity index (χ3n) is 6.14. The van der Waals surface area contributed by atoms with Gasteiger partial charge >= 0.3 is 0 Å². The molecule has 4 heteroatoms. The minimum absolute atomic E-state index is 0.120. The lowest BCUT2D eigenvalue weighted by Gasteiger charge is -2.38. The summed E-state index contributed by atoms with van der Waals surface area (Å²) in [5.74, 6) is 1.13. The van der Waals surface area contributed by atoms with Crippen molar-refractivity contribution in [2.45, 2.75) is 64.3 Å². The number of amides is 2. The molecule has 2 amide bonds. The van der Waals surface area contributed by atoms with Crippen LogP contribution in [0.3, 0.4) is 0 Å². The number of carbonyl (C=O) groups excluding carboxylic acids is 2. The molecule has 3 rings (SSSR count). The van der Waals surface area contributed by atoms with Gasteiger partial charge in [-0.1, -0.05) is 50.8 Å². The molecule has 1 aromatic rings. The zero-order valence-corrected chi connectivity index (χ0v) is 16.0. The van der Waals surface area contributed by atoms with Crippen LogP contribution >= 0.6 is 0 Å². The molecule has 1 aliphatic carbocycles. The first-order valence-electron chi connectivity index (χ1n) is 10.3. The van der Waals surface area contributed by atoms with E-state index in [4.69, 9.17) is 0 Å². The van der Waals surface area contributed by atoms with Crippen LogP contribution in [0, 0.1) is 11.8 Å². The van der Waals surface area contributed by atoms with E-state index in [9.17, 15) is 9.59 Å². The highest BCUT2D eigenvalue weighted by molar-refractivity contribution is 5.94. The molecular weight excluding hydrogens is 324 g/mol. The van der Waals surface area contributed by atoms with E-state index in [-0.39, 0.29) is 11.8 Å². The summed E-state index contributed by atoms with van der Waals surface area (Å²) in [7, 11) is 0. The molecule has 4 nitrogen and oxygen atoms in total. The van der Waals surface area contributed by atoms with Gasteiger partial charge in [0.25, 0.3) is 5.91 Å². The van der Waals surface area contributed by atoms with Crippen molar-refractivity contribution in [3.8, 4) is 0 Å². The van der Waals surface area contributed by atoms with Crippen LogP contribution in [0.1, 0.15) is 68.6 Å². The number of hydrogen-bond acceptors (Lipinski definition) is 2. The largest absolute Gasteiger partial charge is 0.353 e. The zero-order chi connectivity index (χ0) is 18.4. The Balaban J connectivity index is 1.52. The highest BCUT2D eigenvalue weighted by Gasteiger charge is 2.32. The van der Waals surface area contributed by atoms with Crippen LogP contribution in [0.25, 0.3) is 0 Å². The molecule has 0 aromatic heterocycles. The summed E-state index contributed by atoms with van der Waals surface area (Å²) in [6.45, 7) is 3.70. The Morgan fingerprint density at radius 2 is 1.77 bits per heavy atom. The van der Waals surface area contributed by atoms with Gasteiger partial charge in [-0.2, -0.15) is 0 Å². The van der Waals surface area contributed by atoms with Crippen molar-refractivity contribution in [3.05, 3.63) is 35.9 Å². The van der Waals surface area contributed by atoms with E-state index in [1.165, 1.54) is 19.3 Å². The van der Waals surface area contributed by atoms with Gasteiger partial charge in [0.2, 0.25) is 5.91 Å². The summed E-state index contributed by atoms with van der Waals surface area (Å²) >= 11 is 0. The molecular formula is C22H32N2O2. The Labute approximate surface area is 157 Å². The second-order valence-corrected chi connectivity index (χ2v) is 7.94. The van der Waals surface area contributed by atoms with E-state index in [2.05, 4.69) is 12.2 Å². The normalized spacial score (nSPS) is 24.3. The molecule has 2 fully saturated rings. The minimum Gasteiger partial charge on any atom is -0.353 e. The molecule has 1 saturated heterocycles. The fourth-order valence-electron chi connectivity index (χ4n) is 4.53. The first kappa shape index (κ1) is 18.9. The van der Waals surface area contributed by atoms with Crippen molar-refractivity contribution in [1.29, 1.82) is 0 Å². The molecule has 142 valence electrons. The quantitative estimate of drug-likeness (QED) is 0.866.